The Morgan fingerprint density at radius 1 is 1.05 bits per heavy atom. The van der Waals surface area contributed by atoms with Crippen molar-refractivity contribution in [3.05, 3.63) is 39.4 Å². The van der Waals surface area contributed by atoms with Crippen molar-refractivity contribution in [2.45, 2.75) is 20.8 Å². The third-order valence-corrected chi connectivity index (χ3v) is 3.58. The first-order valence-corrected chi connectivity index (χ1v) is 6.37. The summed E-state index contributed by atoms with van der Waals surface area (Å²) in [5, 5.41) is 9.05. The Hall–Kier alpha value is -2.50. The van der Waals surface area contributed by atoms with Gasteiger partial charge >= 0.3 is 5.56 Å². The summed E-state index contributed by atoms with van der Waals surface area (Å²) in [5.74, 6) is 0.595. The van der Waals surface area contributed by atoms with Crippen LogP contribution in [0.4, 0.5) is 0 Å². The zero-order chi connectivity index (χ0) is 14.4. The summed E-state index contributed by atoms with van der Waals surface area (Å²) in [4.78, 5) is 16.8. The van der Waals surface area contributed by atoms with Gasteiger partial charge in [-0.1, -0.05) is 0 Å². The number of benzene rings is 1. The molecule has 0 saturated carbocycles. The smallest absolute Gasteiger partial charge is 0.300 e. The Morgan fingerprint density at radius 3 is 2.45 bits per heavy atom. The molecule has 0 unspecified atom stereocenters. The lowest BCUT2D eigenvalue weighted by atomic mass is 10.1. The zero-order valence-corrected chi connectivity index (χ0v) is 11.9. The van der Waals surface area contributed by atoms with Crippen LogP contribution in [0.2, 0.25) is 0 Å². The van der Waals surface area contributed by atoms with Gasteiger partial charge in [-0.3, -0.25) is 4.79 Å². The number of rotatable bonds is 1. The largest absolute Gasteiger partial charge is 0.325 e. The number of hydrogen-bond acceptors (Lipinski definition) is 5. The van der Waals surface area contributed by atoms with Crippen molar-refractivity contribution in [3.63, 3.8) is 0 Å². The summed E-state index contributed by atoms with van der Waals surface area (Å²) in [6.07, 6.45) is 0. The van der Waals surface area contributed by atoms with E-state index in [4.69, 9.17) is 0 Å². The summed E-state index contributed by atoms with van der Waals surface area (Å²) in [6, 6.07) is 3.98. The summed E-state index contributed by atoms with van der Waals surface area (Å²) >= 11 is 0. The van der Waals surface area contributed by atoms with E-state index in [0.29, 0.717) is 11.3 Å². The molecule has 0 saturated heterocycles. The normalized spacial score (nSPS) is 11.2. The van der Waals surface area contributed by atoms with E-state index in [-0.39, 0.29) is 11.1 Å². The maximum Gasteiger partial charge on any atom is 0.300 e. The summed E-state index contributed by atoms with van der Waals surface area (Å²) < 4.78 is 1.36. The molecule has 2 heterocycles. The van der Waals surface area contributed by atoms with Crippen LogP contribution in [0.25, 0.3) is 21.9 Å². The van der Waals surface area contributed by atoms with E-state index in [2.05, 4.69) is 20.6 Å². The summed E-state index contributed by atoms with van der Waals surface area (Å²) in [5.41, 5.74) is 6.49. The van der Waals surface area contributed by atoms with Crippen molar-refractivity contribution < 1.29 is 0 Å². The fourth-order valence-corrected chi connectivity index (χ4v) is 2.34. The fourth-order valence-electron chi connectivity index (χ4n) is 2.34. The molecule has 0 atom stereocenters. The van der Waals surface area contributed by atoms with E-state index < -0.39 is 0 Å². The first-order chi connectivity index (χ1) is 9.52. The van der Waals surface area contributed by atoms with Gasteiger partial charge < -0.3 is 5.43 Å². The Morgan fingerprint density at radius 2 is 1.75 bits per heavy atom. The molecule has 0 amide bonds. The third-order valence-electron chi connectivity index (χ3n) is 3.58. The van der Waals surface area contributed by atoms with Crippen LogP contribution in [0.1, 0.15) is 17.0 Å². The Labute approximate surface area is 115 Å². The van der Waals surface area contributed by atoms with Gasteiger partial charge in [0.2, 0.25) is 0 Å². The van der Waals surface area contributed by atoms with Crippen LogP contribution < -0.4 is 11.0 Å². The zero-order valence-electron chi connectivity index (χ0n) is 11.9. The molecule has 6 nitrogen and oxygen atoms in total. The van der Waals surface area contributed by atoms with Crippen LogP contribution in [0.15, 0.2) is 16.9 Å². The highest BCUT2D eigenvalue weighted by molar-refractivity contribution is 6.01. The SMILES string of the molecule is CNn1c(C)nc2c(nnc3cc(C)c(C)cc32)c1=O. The molecule has 2 aromatic heterocycles. The average molecular weight is 269 g/mol. The Bertz CT molecular complexity index is 898. The van der Waals surface area contributed by atoms with Crippen LogP contribution in [-0.4, -0.2) is 26.9 Å². The van der Waals surface area contributed by atoms with Gasteiger partial charge in [0.25, 0.3) is 0 Å². The van der Waals surface area contributed by atoms with Crippen LogP contribution in [0.3, 0.4) is 0 Å². The molecule has 0 aliphatic rings. The third kappa shape index (κ3) is 1.65. The van der Waals surface area contributed by atoms with Crippen molar-refractivity contribution in [1.82, 2.24) is 19.9 Å². The van der Waals surface area contributed by atoms with Crippen molar-refractivity contribution in [3.8, 4) is 0 Å². The van der Waals surface area contributed by atoms with Crippen molar-refractivity contribution in [2.75, 3.05) is 12.5 Å². The van der Waals surface area contributed by atoms with Gasteiger partial charge in [0.05, 0.1) is 5.52 Å². The molecule has 6 heteroatoms. The second kappa shape index (κ2) is 4.26. The monoisotopic (exact) mass is 269 g/mol. The van der Waals surface area contributed by atoms with Gasteiger partial charge in [-0.15, -0.1) is 10.2 Å². The molecule has 3 aromatic rings. The number of hydrogen-bond donors (Lipinski definition) is 1. The second-order valence-corrected chi connectivity index (χ2v) is 4.87. The number of fused-ring (bicyclic) bond motifs is 3. The molecule has 0 radical (unpaired) electrons. The minimum Gasteiger partial charge on any atom is -0.325 e. The molecular weight excluding hydrogens is 254 g/mol. The average Bonchev–Trinajstić information content (AvgIpc) is 2.41. The maximum absolute atomic E-state index is 12.3. The molecule has 1 N–H and O–H groups in total. The van der Waals surface area contributed by atoms with Gasteiger partial charge in [0, 0.05) is 12.4 Å². The lowest BCUT2D eigenvalue weighted by Gasteiger charge is -2.10. The van der Waals surface area contributed by atoms with Crippen molar-refractivity contribution in [1.29, 1.82) is 0 Å². The molecule has 20 heavy (non-hydrogen) atoms. The van der Waals surface area contributed by atoms with Gasteiger partial charge in [0.15, 0.2) is 5.52 Å². The van der Waals surface area contributed by atoms with E-state index in [0.717, 1.165) is 22.0 Å². The van der Waals surface area contributed by atoms with Crippen molar-refractivity contribution in [2.24, 2.45) is 0 Å². The molecule has 0 aliphatic heterocycles. The standard InChI is InChI=1S/C14H15N5O/c1-7-5-10-11(6-8(7)2)17-18-13-12(10)16-9(3)19(15-4)14(13)20/h5-6,15H,1-4H3. The minimum absolute atomic E-state index is 0.234. The van der Waals surface area contributed by atoms with E-state index in [1.165, 1.54) is 4.68 Å². The molecule has 1 aromatic carbocycles. The van der Waals surface area contributed by atoms with Crippen LogP contribution in [-0.2, 0) is 0 Å². The second-order valence-electron chi connectivity index (χ2n) is 4.87. The van der Waals surface area contributed by atoms with Crippen LogP contribution in [0.5, 0.6) is 0 Å². The highest BCUT2D eigenvalue weighted by Gasteiger charge is 2.13. The predicted molar refractivity (Wildman–Crippen MR) is 78.6 cm³/mol. The molecule has 0 fully saturated rings. The first-order valence-electron chi connectivity index (χ1n) is 6.37. The molecule has 0 bridgehead atoms. The molecule has 102 valence electrons. The number of nitrogens with zero attached hydrogens (tertiary/aromatic N) is 4. The lowest BCUT2D eigenvalue weighted by molar-refractivity contribution is 0.800. The van der Waals surface area contributed by atoms with E-state index >= 15 is 0 Å². The van der Waals surface area contributed by atoms with E-state index in [9.17, 15) is 4.79 Å². The van der Waals surface area contributed by atoms with Gasteiger partial charge in [-0.2, -0.15) is 0 Å². The quantitative estimate of drug-likeness (QED) is 0.677. The number of aromatic nitrogens is 4. The van der Waals surface area contributed by atoms with Crippen LogP contribution in [0, 0.1) is 20.8 Å². The van der Waals surface area contributed by atoms with E-state index in [1.807, 2.05) is 26.0 Å². The molecule has 0 aliphatic carbocycles. The fraction of sp³-hybridized carbons (Fsp3) is 0.286. The minimum atomic E-state index is -0.234. The topological polar surface area (TPSA) is 72.7 Å². The van der Waals surface area contributed by atoms with Gasteiger partial charge in [0.1, 0.15) is 11.3 Å². The summed E-state index contributed by atoms with van der Waals surface area (Å²) in [7, 11) is 1.67. The van der Waals surface area contributed by atoms with E-state index in [1.54, 1.807) is 14.0 Å². The van der Waals surface area contributed by atoms with Gasteiger partial charge in [-0.25, -0.2) is 9.66 Å². The van der Waals surface area contributed by atoms with Crippen LogP contribution >= 0.6 is 0 Å². The maximum atomic E-state index is 12.3. The molecular formula is C14H15N5O. The number of aryl methyl sites for hydroxylation is 3. The highest BCUT2D eigenvalue weighted by Crippen LogP contribution is 2.22. The van der Waals surface area contributed by atoms with Crippen molar-refractivity contribution >= 4 is 21.9 Å². The molecule has 0 spiro atoms. The Balaban J connectivity index is 2.55. The number of nitrogens with one attached hydrogen (secondary N) is 1. The molecule has 3 rings (SSSR count). The summed E-state index contributed by atoms with van der Waals surface area (Å²) in [6.45, 7) is 5.84. The lowest BCUT2D eigenvalue weighted by Crippen LogP contribution is -2.30. The first kappa shape index (κ1) is 12.5. The predicted octanol–water partition coefficient (Wildman–Crippen LogP) is 1.44. The van der Waals surface area contributed by atoms with Gasteiger partial charge in [-0.05, 0) is 44.0 Å². The highest BCUT2D eigenvalue weighted by atomic mass is 16.1. The Kier molecular flexibility index (Phi) is 2.67.